The second kappa shape index (κ2) is 6.03. The van der Waals surface area contributed by atoms with E-state index in [4.69, 9.17) is 11.6 Å². The zero-order chi connectivity index (χ0) is 13.1. The molecule has 0 spiro atoms. The molecule has 95 valence electrons. The van der Waals surface area contributed by atoms with E-state index in [0.717, 1.165) is 12.0 Å². The first kappa shape index (κ1) is 14.7. The molecule has 0 bridgehead atoms. The van der Waals surface area contributed by atoms with Gasteiger partial charge in [0.15, 0.2) is 0 Å². The van der Waals surface area contributed by atoms with Crippen LogP contribution in [0.5, 0.6) is 0 Å². The Labute approximate surface area is 111 Å². The molecule has 1 aromatic rings. The van der Waals surface area contributed by atoms with Crippen molar-refractivity contribution in [2.45, 2.75) is 45.4 Å². The highest BCUT2D eigenvalue weighted by atomic mass is 35.5. The van der Waals surface area contributed by atoms with E-state index in [1.54, 1.807) is 0 Å². The first-order valence-electron chi connectivity index (χ1n) is 6.03. The van der Waals surface area contributed by atoms with E-state index in [9.17, 15) is 5.11 Å². The zero-order valence-electron chi connectivity index (χ0n) is 11.2. The maximum atomic E-state index is 9.36. The summed E-state index contributed by atoms with van der Waals surface area (Å²) in [4.78, 5) is 0. The molecule has 1 radical (unpaired) electrons. The number of hydrogen-bond acceptors (Lipinski definition) is 1. The molecule has 17 heavy (non-hydrogen) atoms. The van der Waals surface area contributed by atoms with Gasteiger partial charge in [0.05, 0.1) is 15.4 Å². The summed E-state index contributed by atoms with van der Waals surface area (Å²) < 4.78 is 0. The van der Waals surface area contributed by atoms with Crippen molar-refractivity contribution in [2.75, 3.05) is 5.88 Å². The van der Waals surface area contributed by atoms with Gasteiger partial charge in [-0.25, -0.2) is 0 Å². The van der Waals surface area contributed by atoms with Crippen LogP contribution in [-0.2, 0) is 12.0 Å². The van der Waals surface area contributed by atoms with E-state index in [-0.39, 0.29) is 12.0 Å². The van der Waals surface area contributed by atoms with Crippen LogP contribution in [0.25, 0.3) is 0 Å². The van der Waals surface area contributed by atoms with Crippen LogP contribution in [0.2, 0.25) is 13.1 Å². The van der Waals surface area contributed by atoms with Crippen molar-refractivity contribution < 1.29 is 5.11 Å². The SMILES string of the molecule is C[Si](C)c1cc(C(C)(C)CCCl)ccc1CO. The van der Waals surface area contributed by atoms with Crippen LogP contribution in [0.4, 0.5) is 0 Å². The summed E-state index contributed by atoms with van der Waals surface area (Å²) in [5.74, 6) is 0.681. The molecule has 0 atom stereocenters. The quantitative estimate of drug-likeness (QED) is 0.644. The van der Waals surface area contributed by atoms with Gasteiger partial charge in [-0.2, -0.15) is 0 Å². The molecule has 0 aliphatic carbocycles. The maximum absolute atomic E-state index is 9.36. The van der Waals surface area contributed by atoms with Crippen LogP contribution in [0.15, 0.2) is 18.2 Å². The topological polar surface area (TPSA) is 20.2 Å². The Morgan fingerprint density at radius 1 is 1.29 bits per heavy atom. The lowest BCUT2D eigenvalue weighted by atomic mass is 9.82. The van der Waals surface area contributed by atoms with Gasteiger partial charge in [0.1, 0.15) is 0 Å². The Hall–Kier alpha value is -0.313. The average molecular weight is 270 g/mol. The largest absolute Gasteiger partial charge is 0.392 e. The van der Waals surface area contributed by atoms with Crippen LogP contribution in [0.3, 0.4) is 0 Å². The molecule has 1 N–H and O–H groups in total. The second-order valence-electron chi connectivity index (χ2n) is 5.35. The van der Waals surface area contributed by atoms with Crippen LogP contribution in [0.1, 0.15) is 31.4 Å². The molecule has 0 aliphatic rings. The first-order valence-corrected chi connectivity index (χ1v) is 9.06. The minimum absolute atomic E-state index is 0.113. The molecular formula is C14H22ClOSi. The number of alkyl halides is 1. The minimum atomic E-state index is -0.543. The minimum Gasteiger partial charge on any atom is -0.392 e. The predicted molar refractivity (Wildman–Crippen MR) is 77.8 cm³/mol. The van der Waals surface area contributed by atoms with Gasteiger partial charge in [-0.15, -0.1) is 11.6 Å². The van der Waals surface area contributed by atoms with E-state index >= 15 is 0 Å². The summed E-state index contributed by atoms with van der Waals surface area (Å²) in [5, 5.41) is 10.7. The van der Waals surface area contributed by atoms with E-state index < -0.39 is 8.80 Å². The van der Waals surface area contributed by atoms with Gasteiger partial charge in [-0.05, 0) is 23.0 Å². The molecule has 0 aromatic heterocycles. The molecule has 1 rings (SSSR count). The third-order valence-corrected chi connectivity index (χ3v) is 5.05. The number of aliphatic hydroxyl groups is 1. The molecule has 0 heterocycles. The Balaban J connectivity index is 3.16. The molecule has 0 amide bonds. The van der Waals surface area contributed by atoms with Gasteiger partial charge < -0.3 is 5.11 Å². The van der Waals surface area contributed by atoms with Gasteiger partial charge in [-0.3, -0.25) is 0 Å². The van der Waals surface area contributed by atoms with E-state index in [0.29, 0.717) is 5.88 Å². The van der Waals surface area contributed by atoms with Gasteiger partial charge in [0, 0.05) is 5.88 Å². The highest BCUT2D eigenvalue weighted by molar-refractivity contribution is 6.71. The monoisotopic (exact) mass is 269 g/mol. The lowest BCUT2D eigenvalue weighted by Crippen LogP contribution is -2.30. The molecule has 3 heteroatoms. The Bertz CT molecular complexity index is 374. The Kier molecular flexibility index (Phi) is 5.23. The molecular weight excluding hydrogens is 248 g/mol. The zero-order valence-corrected chi connectivity index (χ0v) is 12.9. The van der Waals surface area contributed by atoms with Gasteiger partial charge in [0.2, 0.25) is 0 Å². The van der Waals surface area contributed by atoms with Gasteiger partial charge in [0.25, 0.3) is 0 Å². The van der Waals surface area contributed by atoms with Crippen molar-refractivity contribution in [1.29, 1.82) is 0 Å². The first-order chi connectivity index (χ1) is 7.92. The summed E-state index contributed by atoms with van der Waals surface area (Å²) in [6.07, 6.45) is 0.974. The van der Waals surface area contributed by atoms with E-state index in [2.05, 4.69) is 45.1 Å². The highest BCUT2D eigenvalue weighted by Gasteiger charge is 2.21. The summed E-state index contributed by atoms with van der Waals surface area (Å²) in [6.45, 7) is 9.12. The molecule has 0 aliphatic heterocycles. The van der Waals surface area contributed by atoms with E-state index in [1.165, 1.54) is 10.8 Å². The van der Waals surface area contributed by atoms with Crippen molar-refractivity contribution in [3.63, 3.8) is 0 Å². The van der Waals surface area contributed by atoms with Crippen molar-refractivity contribution >= 4 is 25.6 Å². The van der Waals surface area contributed by atoms with Crippen molar-refractivity contribution in [2.24, 2.45) is 0 Å². The second-order valence-corrected chi connectivity index (χ2v) is 8.27. The number of halogens is 1. The highest BCUT2D eigenvalue weighted by Crippen LogP contribution is 2.27. The predicted octanol–water partition coefficient (Wildman–Crippen LogP) is 3.05. The average Bonchev–Trinajstić information content (AvgIpc) is 2.28. The number of benzene rings is 1. The normalized spacial score (nSPS) is 12.2. The fourth-order valence-corrected chi connectivity index (χ4v) is 3.70. The summed E-state index contributed by atoms with van der Waals surface area (Å²) in [5.41, 5.74) is 2.52. The van der Waals surface area contributed by atoms with Crippen LogP contribution in [-0.4, -0.2) is 19.8 Å². The van der Waals surface area contributed by atoms with Gasteiger partial charge >= 0.3 is 0 Å². The molecule has 1 nitrogen and oxygen atoms in total. The van der Waals surface area contributed by atoms with Crippen LogP contribution >= 0.6 is 11.6 Å². The molecule has 0 saturated carbocycles. The van der Waals surface area contributed by atoms with Crippen LogP contribution < -0.4 is 5.19 Å². The van der Waals surface area contributed by atoms with E-state index in [1.807, 2.05) is 0 Å². The molecule has 0 fully saturated rings. The third kappa shape index (κ3) is 3.57. The third-order valence-electron chi connectivity index (χ3n) is 3.32. The smallest absolute Gasteiger partial charge is 0.0796 e. The van der Waals surface area contributed by atoms with Crippen molar-refractivity contribution in [1.82, 2.24) is 0 Å². The number of aliphatic hydroxyl groups excluding tert-OH is 1. The lowest BCUT2D eigenvalue weighted by Gasteiger charge is -2.26. The van der Waals surface area contributed by atoms with Gasteiger partial charge in [-0.1, -0.05) is 50.3 Å². The Morgan fingerprint density at radius 2 is 1.94 bits per heavy atom. The molecule has 1 aromatic carbocycles. The number of hydrogen-bond donors (Lipinski definition) is 1. The number of rotatable bonds is 5. The van der Waals surface area contributed by atoms with Crippen molar-refractivity contribution in [3.8, 4) is 0 Å². The summed E-state index contributed by atoms with van der Waals surface area (Å²) >= 11 is 5.86. The molecule has 0 saturated heterocycles. The fraction of sp³-hybridized carbons (Fsp3) is 0.571. The lowest BCUT2D eigenvalue weighted by molar-refractivity contribution is 0.282. The Morgan fingerprint density at radius 3 is 2.41 bits per heavy atom. The summed E-state index contributed by atoms with van der Waals surface area (Å²) in [6, 6.07) is 6.47. The fourth-order valence-electron chi connectivity index (χ4n) is 1.98. The maximum Gasteiger partial charge on any atom is 0.0796 e. The summed E-state index contributed by atoms with van der Waals surface area (Å²) in [7, 11) is -0.543. The van der Waals surface area contributed by atoms with Crippen LogP contribution in [0, 0.1) is 0 Å². The standard InChI is InChI=1S/C14H22ClOSi/c1-14(2,7-8-15)12-6-5-11(10-16)13(9-12)17(3)4/h5-6,9,16H,7-8,10H2,1-4H3. The molecule has 0 unspecified atom stereocenters. The van der Waals surface area contributed by atoms with Crippen molar-refractivity contribution in [3.05, 3.63) is 29.3 Å².